The van der Waals surface area contributed by atoms with Gasteiger partial charge in [-0.3, -0.25) is 0 Å². The van der Waals surface area contributed by atoms with Crippen molar-refractivity contribution < 1.29 is 4.74 Å². The van der Waals surface area contributed by atoms with Gasteiger partial charge >= 0.3 is 0 Å². The molecule has 2 aromatic rings. The quantitative estimate of drug-likeness (QED) is 0.854. The van der Waals surface area contributed by atoms with Crippen LogP contribution in [0.1, 0.15) is 30.1 Å². The lowest BCUT2D eigenvalue weighted by Crippen LogP contribution is -2.11. The Morgan fingerprint density at radius 1 is 1.33 bits per heavy atom. The van der Waals surface area contributed by atoms with Crippen LogP contribution in [0.3, 0.4) is 0 Å². The lowest BCUT2D eigenvalue weighted by molar-refractivity contribution is 0.0849. The Labute approximate surface area is 112 Å². The normalized spacial score (nSPS) is 12.3. The summed E-state index contributed by atoms with van der Waals surface area (Å²) >= 11 is 5.15. The van der Waals surface area contributed by atoms with Crippen molar-refractivity contribution >= 4 is 12.2 Å². The van der Waals surface area contributed by atoms with Crippen LogP contribution in [-0.2, 0) is 4.74 Å². The molecule has 0 amide bonds. The van der Waals surface area contributed by atoms with E-state index in [9.17, 15) is 0 Å². The predicted octanol–water partition coefficient (Wildman–Crippen LogP) is 3.57. The van der Waals surface area contributed by atoms with Crippen LogP contribution in [-0.4, -0.2) is 16.6 Å². The van der Waals surface area contributed by atoms with Gasteiger partial charge in [0.2, 0.25) is 0 Å². The molecule has 1 aromatic heterocycles. The maximum absolute atomic E-state index is 5.78. The Morgan fingerprint density at radius 2 is 2.06 bits per heavy atom. The first-order chi connectivity index (χ1) is 8.70. The minimum Gasteiger partial charge on any atom is -0.366 e. The predicted molar refractivity (Wildman–Crippen MR) is 74.1 cm³/mol. The third-order valence-electron chi connectivity index (χ3n) is 2.58. The monoisotopic (exact) mass is 260 g/mol. The summed E-state index contributed by atoms with van der Waals surface area (Å²) in [6.07, 6.45) is -0.196. The molecule has 94 valence electrons. The minimum atomic E-state index is -0.196. The van der Waals surface area contributed by atoms with Gasteiger partial charge in [0.25, 0.3) is 0 Å². The van der Waals surface area contributed by atoms with Crippen molar-refractivity contribution in [2.75, 3.05) is 6.61 Å². The number of aromatic nitrogens is 2. The van der Waals surface area contributed by atoms with E-state index in [1.54, 1.807) is 0 Å². The number of aromatic amines is 1. The topological polar surface area (TPSA) is 37.9 Å². The van der Waals surface area contributed by atoms with E-state index in [-0.39, 0.29) is 6.10 Å². The Kier molecular flexibility index (Phi) is 4.23. The molecular weight excluding hydrogens is 244 g/mol. The van der Waals surface area contributed by atoms with Crippen LogP contribution in [0, 0.1) is 11.6 Å². The molecule has 0 aliphatic heterocycles. The molecule has 0 bridgehead atoms. The molecule has 0 aliphatic rings. The van der Waals surface area contributed by atoms with Gasteiger partial charge in [-0.1, -0.05) is 42.5 Å². The number of nitrogens with one attached hydrogen (secondary N) is 1. The van der Waals surface area contributed by atoms with Gasteiger partial charge in [-0.25, -0.2) is 4.98 Å². The van der Waals surface area contributed by atoms with E-state index >= 15 is 0 Å². The molecule has 1 heterocycles. The van der Waals surface area contributed by atoms with E-state index in [0.29, 0.717) is 11.2 Å². The zero-order valence-corrected chi connectivity index (χ0v) is 11.3. The van der Waals surface area contributed by atoms with E-state index in [0.717, 1.165) is 17.1 Å². The molecule has 0 saturated heterocycles. The number of hydrogen-bond donors (Lipinski definition) is 1. The SMILES string of the molecule is CCOC(c1ccccc1)c1nc(=S)cc(C)[nH]1. The van der Waals surface area contributed by atoms with Crippen molar-refractivity contribution in [3.8, 4) is 0 Å². The fourth-order valence-electron chi connectivity index (χ4n) is 1.85. The van der Waals surface area contributed by atoms with Gasteiger partial charge < -0.3 is 9.72 Å². The highest BCUT2D eigenvalue weighted by atomic mass is 32.1. The summed E-state index contributed by atoms with van der Waals surface area (Å²) in [5, 5.41) is 0. The van der Waals surface area contributed by atoms with Crippen LogP contribution >= 0.6 is 12.2 Å². The van der Waals surface area contributed by atoms with E-state index in [1.807, 2.05) is 50.2 Å². The fourth-order valence-corrected chi connectivity index (χ4v) is 2.13. The van der Waals surface area contributed by atoms with Gasteiger partial charge in [0.15, 0.2) is 0 Å². The third kappa shape index (κ3) is 3.03. The molecular formula is C14H16N2OS. The Morgan fingerprint density at radius 3 is 2.67 bits per heavy atom. The minimum absolute atomic E-state index is 0.196. The molecule has 1 atom stereocenters. The highest BCUT2D eigenvalue weighted by Gasteiger charge is 2.16. The van der Waals surface area contributed by atoms with Crippen molar-refractivity contribution in [3.05, 3.63) is 58.1 Å². The Balaban J connectivity index is 2.44. The maximum atomic E-state index is 5.78. The summed E-state index contributed by atoms with van der Waals surface area (Å²) in [6, 6.07) is 11.9. The van der Waals surface area contributed by atoms with Crippen LogP contribution in [0.25, 0.3) is 0 Å². The van der Waals surface area contributed by atoms with E-state index in [1.165, 1.54) is 0 Å². The molecule has 0 radical (unpaired) electrons. The Hall–Kier alpha value is -1.52. The van der Waals surface area contributed by atoms with Crippen LogP contribution < -0.4 is 0 Å². The third-order valence-corrected chi connectivity index (χ3v) is 2.79. The van der Waals surface area contributed by atoms with Crippen LogP contribution in [0.2, 0.25) is 0 Å². The summed E-state index contributed by atoms with van der Waals surface area (Å²) in [4.78, 5) is 7.59. The first-order valence-electron chi connectivity index (χ1n) is 5.95. The lowest BCUT2D eigenvalue weighted by atomic mass is 10.1. The number of benzene rings is 1. The number of ether oxygens (including phenoxy) is 1. The van der Waals surface area contributed by atoms with Crippen molar-refractivity contribution in [3.63, 3.8) is 0 Å². The molecule has 1 aromatic carbocycles. The fraction of sp³-hybridized carbons (Fsp3) is 0.286. The molecule has 0 fully saturated rings. The maximum Gasteiger partial charge on any atom is 0.141 e. The number of aryl methyl sites for hydroxylation is 1. The zero-order chi connectivity index (χ0) is 13.0. The van der Waals surface area contributed by atoms with Crippen LogP contribution in [0.15, 0.2) is 36.4 Å². The molecule has 1 unspecified atom stereocenters. The molecule has 2 rings (SSSR count). The van der Waals surface area contributed by atoms with Gasteiger partial charge in [-0.05, 0) is 25.5 Å². The largest absolute Gasteiger partial charge is 0.366 e. The standard InChI is InChI=1S/C14H16N2OS/c1-3-17-13(11-7-5-4-6-8-11)14-15-10(2)9-12(18)16-14/h4-9,13H,3H2,1-2H3,(H,15,16,18). The zero-order valence-electron chi connectivity index (χ0n) is 10.5. The highest BCUT2D eigenvalue weighted by Crippen LogP contribution is 2.23. The molecule has 0 spiro atoms. The first-order valence-corrected chi connectivity index (χ1v) is 6.36. The second-order valence-electron chi connectivity index (χ2n) is 4.03. The van der Waals surface area contributed by atoms with E-state index < -0.39 is 0 Å². The molecule has 0 aliphatic carbocycles. The second kappa shape index (κ2) is 5.89. The van der Waals surface area contributed by atoms with Crippen molar-refractivity contribution in [2.24, 2.45) is 0 Å². The van der Waals surface area contributed by atoms with Gasteiger partial charge in [0, 0.05) is 12.3 Å². The average Bonchev–Trinajstić information content (AvgIpc) is 2.36. The van der Waals surface area contributed by atoms with Gasteiger partial charge in [-0.15, -0.1) is 0 Å². The number of H-pyrrole nitrogens is 1. The Bertz CT molecular complexity index is 566. The van der Waals surface area contributed by atoms with Crippen LogP contribution in [0.5, 0.6) is 0 Å². The molecule has 18 heavy (non-hydrogen) atoms. The van der Waals surface area contributed by atoms with Crippen molar-refractivity contribution in [1.82, 2.24) is 9.97 Å². The summed E-state index contributed by atoms with van der Waals surface area (Å²) in [6.45, 7) is 4.56. The molecule has 1 N–H and O–H groups in total. The first kappa shape index (κ1) is 12.9. The van der Waals surface area contributed by atoms with Gasteiger partial charge in [0.05, 0.1) is 0 Å². The average molecular weight is 260 g/mol. The number of nitrogens with zero attached hydrogens (tertiary/aromatic N) is 1. The smallest absolute Gasteiger partial charge is 0.141 e. The van der Waals surface area contributed by atoms with Crippen LogP contribution in [0.4, 0.5) is 0 Å². The summed E-state index contributed by atoms with van der Waals surface area (Å²) in [5.74, 6) is 0.757. The summed E-state index contributed by atoms with van der Waals surface area (Å²) in [7, 11) is 0. The van der Waals surface area contributed by atoms with E-state index in [4.69, 9.17) is 17.0 Å². The van der Waals surface area contributed by atoms with Gasteiger partial charge in [-0.2, -0.15) is 0 Å². The number of rotatable bonds is 4. The van der Waals surface area contributed by atoms with Crippen molar-refractivity contribution in [2.45, 2.75) is 20.0 Å². The molecule has 4 heteroatoms. The molecule has 3 nitrogen and oxygen atoms in total. The highest BCUT2D eigenvalue weighted by molar-refractivity contribution is 7.71. The lowest BCUT2D eigenvalue weighted by Gasteiger charge is -2.17. The number of hydrogen-bond acceptors (Lipinski definition) is 3. The second-order valence-corrected chi connectivity index (χ2v) is 4.45. The van der Waals surface area contributed by atoms with Gasteiger partial charge in [0.1, 0.15) is 16.6 Å². The molecule has 0 saturated carbocycles. The van der Waals surface area contributed by atoms with Crippen molar-refractivity contribution in [1.29, 1.82) is 0 Å². The summed E-state index contributed by atoms with van der Waals surface area (Å²) in [5.41, 5.74) is 2.06. The van der Waals surface area contributed by atoms with E-state index in [2.05, 4.69) is 9.97 Å². The summed E-state index contributed by atoms with van der Waals surface area (Å²) < 4.78 is 6.37.